The van der Waals surface area contributed by atoms with Crippen molar-refractivity contribution in [1.82, 2.24) is 10.1 Å². The monoisotopic (exact) mass is 346 g/mol. The fourth-order valence-corrected chi connectivity index (χ4v) is 2.40. The Kier molecular flexibility index (Phi) is 4.45. The highest BCUT2D eigenvalue weighted by Gasteiger charge is 2.15. The van der Waals surface area contributed by atoms with Crippen LogP contribution >= 0.6 is 0 Å². The summed E-state index contributed by atoms with van der Waals surface area (Å²) in [7, 11) is 0. The smallest absolute Gasteiger partial charge is 0.274 e. The van der Waals surface area contributed by atoms with Crippen LogP contribution in [0, 0.1) is 23.7 Å². The number of carbonyl (C=O) groups excluding carboxylic acids is 1. The molecule has 0 saturated heterocycles. The largest absolute Gasteiger partial charge is 0.398 e. The number of nitrogens with two attached hydrogens (primary N) is 1. The molecule has 2 aromatic heterocycles. The summed E-state index contributed by atoms with van der Waals surface area (Å²) in [6.45, 7) is 1.71. The number of carbonyl (C=O) groups is 1. The van der Waals surface area contributed by atoms with Crippen molar-refractivity contribution < 1.29 is 9.32 Å². The van der Waals surface area contributed by atoms with Crippen molar-refractivity contribution in [2.24, 2.45) is 0 Å². The number of benzene rings is 1. The Morgan fingerprint density at radius 1 is 1.35 bits per heavy atom. The molecule has 8 nitrogen and oxygen atoms in total. The van der Waals surface area contributed by atoms with E-state index in [1.54, 1.807) is 31.2 Å². The molecule has 0 unspecified atom stereocenters. The number of nitrogen functional groups attached to an aromatic ring is 1. The molecule has 26 heavy (non-hydrogen) atoms. The maximum absolute atomic E-state index is 12.5. The van der Waals surface area contributed by atoms with Gasteiger partial charge in [0.05, 0.1) is 23.0 Å². The molecule has 0 spiro atoms. The molecule has 2 heterocycles. The topological polar surface area (TPSA) is 142 Å². The van der Waals surface area contributed by atoms with Gasteiger partial charge in [0.25, 0.3) is 5.91 Å². The number of hydrogen-bond acceptors (Lipinski definition) is 7. The average molecular weight is 346 g/mol. The molecule has 0 radical (unpaired) electrons. The molecular formula is C18H14N6O2. The summed E-state index contributed by atoms with van der Waals surface area (Å²) in [5, 5.41) is 23.4. The first kappa shape index (κ1) is 16.9. The Balaban J connectivity index is 1.87. The van der Waals surface area contributed by atoms with E-state index in [1.165, 1.54) is 18.7 Å². The summed E-state index contributed by atoms with van der Waals surface area (Å²) in [6, 6.07) is 8.41. The van der Waals surface area contributed by atoms with Gasteiger partial charge in [-0.15, -0.1) is 0 Å². The average Bonchev–Trinajstić information content (AvgIpc) is 3.17. The zero-order valence-electron chi connectivity index (χ0n) is 13.8. The van der Waals surface area contributed by atoms with Gasteiger partial charge < -0.3 is 15.6 Å². The van der Waals surface area contributed by atoms with Gasteiger partial charge in [-0.25, -0.2) is 4.98 Å². The molecule has 4 N–H and O–H groups in total. The first-order chi connectivity index (χ1) is 12.5. The standard InChI is InChI=1S/C18H14N6O2/c1-10-4-11(6-19)7-22-17(10)18(25)24-13-2-3-15(20)14(5-13)16(21)12-8-23-26-9-12/h2-5,7-9,21H,20H2,1H3,(H,24,25). The number of amides is 1. The van der Waals surface area contributed by atoms with Crippen molar-refractivity contribution in [3.05, 3.63) is 70.9 Å². The molecule has 1 amide bonds. The van der Waals surface area contributed by atoms with E-state index in [1.807, 2.05) is 6.07 Å². The highest BCUT2D eigenvalue weighted by Crippen LogP contribution is 2.22. The minimum atomic E-state index is -0.417. The van der Waals surface area contributed by atoms with Crippen LogP contribution in [-0.4, -0.2) is 21.8 Å². The number of pyridine rings is 1. The maximum Gasteiger partial charge on any atom is 0.274 e. The Labute approximate surface area is 148 Å². The number of nitrogens with one attached hydrogen (secondary N) is 2. The molecule has 0 aliphatic rings. The first-order valence-corrected chi connectivity index (χ1v) is 7.56. The Morgan fingerprint density at radius 3 is 2.81 bits per heavy atom. The molecule has 0 saturated carbocycles. The summed E-state index contributed by atoms with van der Waals surface area (Å²) in [4.78, 5) is 16.5. The number of nitrogens with zero attached hydrogens (tertiary/aromatic N) is 3. The van der Waals surface area contributed by atoms with Gasteiger partial charge in [0.2, 0.25) is 0 Å². The van der Waals surface area contributed by atoms with E-state index in [2.05, 4.69) is 15.5 Å². The van der Waals surface area contributed by atoms with Crippen molar-refractivity contribution in [2.45, 2.75) is 6.92 Å². The number of hydrogen-bond donors (Lipinski definition) is 3. The van der Waals surface area contributed by atoms with E-state index in [0.717, 1.165) is 0 Å². The summed E-state index contributed by atoms with van der Waals surface area (Å²) in [6.07, 6.45) is 4.10. The lowest BCUT2D eigenvalue weighted by atomic mass is 10.0. The van der Waals surface area contributed by atoms with Crippen molar-refractivity contribution in [1.29, 1.82) is 10.7 Å². The summed E-state index contributed by atoms with van der Waals surface area (Å²) in [5.74, 6) is -0.417. The highest BCUT2D eigenvalue weighted by atomic mass is 16.5. The van der Waals surface area contributed by atoms with Gasteiger partial charge in [0.15, 0.2) is 0 Å². The van der Waals surface area contributed by atoms with E-state index in [0.29, 0.717) is 33.6 Å². The normalized spacial score (nSPS) is 10.2. The van der Waals surface area contributed by atoms with Crippen LogP contribution in [0.25, 0.3) is 0 Å². The van der Waals surface area contributed by atoms with Crippen LogP contribution < -0.4 is 11.1 Å². The van der Waals surface area contributed by atoms with E-state index >= 15 is 0 Å². The van der Waals surface area contributed by atoms with E-state index in [9.17, 15) is 4.79 Å². The van der Waals surface area contributed by atoms with Crippen LogP contribution in [0.15, 0.2) is 47.4 Å². The van der Waals surface area contributed by atoms with Gasteiger partial charge in [-0.2, -0.15) is 5.26 Å². The van der Waals surface area contributed by atoms with Crippen molar-refractivity contribution in [2.75, 3.05) is 11.1 Å². The van der Waals surface area contributed by atoms with E-state index in [-0.39, 0.29) is 11.4 Å². The second-order valence-corrected chi connectivity index (χ2v) is 5.55. The quantitative estimate of drug-likeness (QED) is 0.489. The zero-order valence-corrected chi connectivity index (χ0v) is 13.8. The number of aryl methyl sites for hydroxylation is 1. The van der Waals surface area contributed by atoms with Crippen molar-refractivity contribution in [3.63, 3.8) is 0 Å². The minimum Gasteiger partial charge on any atom is -0.398 e. The lowest BCUT2D eigenvalue weighted by Crippen LogP contribution is -2.16. The van der Waals surface area contributed by atoms with Crippen LogP contribution in [0.5, 0.6) is 0 Å². The summed E-state index contributed by atoms with van der Waals surface area (Å²) in [5.41, 5.74) is 9.05. The van der Waals surface area contributed by atoms with Gasteiger partial charge in [-0.1, -0.05) is 5.16 Å². The maximum atomic E-state index is 12.5. The van der Waals surface area contributed by atoms with Crippen LogP contribution in [0.3, 0.4) is 0 Å². The van der Waals surface area contributed by atoms with Gasteiger partial charge >= 0.3 is 0 Å². The fourth-order valence-electron chi connectivity index (χ4n) is 2.40. The summed E-state index contributed by atoms with van der Waals surface area (Å²) < 4.78 is 4.75. The van der Waals surface area contributed by atoms with Gasteiger partial charge in [0, 0.05) is 23.1 Å². The molecule has 3 aromatic rings. The van der Waals surface area contributed by atoms with E-state index in [4.69, 9.17) is 20.9 Å². The lowest BCUT2D eigenvalue weighted by molar-refractivity contribution is 0.102. The Morgan fingerprint density at radius 2 is 2.15 bits per heavy atom. The minimum absolute atomic E-state index is 0.132. The molecule has 0 bridgehead atoms. The Bertz CT molecular complexity index is 1030. The third kappa shape index (κ3) is 3.27. The highest BCUT2D eigenvalue weighted by molar-refractivity contribution is 6.14. The predicted octanol–water partition coefficient (Wildman–Crippen LogP) is 2.50. The zero-order chi connectivity index (χ0) is 18.7. The third-order valence-electron chi connectivity index (χ3n) is 3.72. The number of rotatable bonds is 4. The van der Waals surface area contributed by atoms with Crippen LogP contribution in [0.4, 0.5) is 11.4 Å². The Hall–Kier alpha value is -3.99. The predicted molar refractivity (Wildman–Crippen MR) is 94.9 cm³/mol. The third-order valence-corrected chi connectivity index (χ3v) is 3.72. The van der Waals surface area contributed by atoms with Crippen LogP contribution in [0.2, 0.25) is 0 Å². The summed E-state index contributed by atoms with van der Waals surface area (Å²) >= 11 is 0. The molecule has 0 atom stereocenters. The van der Waals surface area contributed by atoms with Crippen LogP contribution in [0.1, 0.15) is 32.7 Å². The molecule has 1 aromatic carbocycles. The number of aromatic nitrogens is 2. The molecule has 128 valence electrons. The number of nitriles is 1. The fraction of sp³-hybridized carbons (Fsp3) is 0.0556. The van der Waals surface area contributed by atoms with Crippen molar-refractivity contribution in [3.8, 4) is 6.07 Å². The lowest BCUT2D eigenvalue weighted by Gasteiger charge is -2.11. The van der Waals surface area contributed by atoms with Gasteiger partial charge in [0.1, 0.15) is 18.0 Å². The van der Waals surface area contributed by atoms with E-state index < -0.39 is 5.91 Å². The number of anilines is 2. The molecular weight excluding hydrogens is 332 g/mol. The molecule has 3 rings (SSSR count). The molecule has 0 fully saturated rings. The molecule has 0 aliphatic carbocycles. The second kappa shape index (κ2) is 6.86. The molecule has 0 aliphatic heterocycles. The van der Waals surface area contributed by atoms with Gasteiger partial charge in [-0.05, 0) is 36.8 Å². The SMILES string of the molecule is Cc1cc(C#N)cnc1C(=O)Nc1ccc(N)c(C(=N)c2cnoc2)c1. The van der Waals surface area contributed by atoms with Crippen molar-refractivity contribution >= 4 is 23.0 Å². The second-order valence-electron chi connectivity index (χ2n) is 5.55. The van der Waals surface area contributed by atoms with Crippen LogP contribution in [-0.2, 0) is 0 Å². The van der Waals surface area contributed by atoms with Gasteiger partial charge in [-0.3, -0.25) is 10.2 Å². The first-order valence-electron chi connectivity index (χ1n) is 7.56. The molecule has 8 heteroatoms.